The lowest BCUT2D eigenvalue weighted by molar-refractivity contribution is -0.384. The van der Waals surface area contributed by atoms with Crippen molar-refractivity contribution < 1.29 is 14.5 Å². The Hall–Kier alpha value is -4.77. The highest BCUT2D eigenvalue weighted by Crippen LogP contribution is 2.44. The van der Waals surface area contributed by atoms with Gasteiger partial charge in [0.15, 0.2) is 5.11 Å². The maximum Gasteiger partial charge on any atom is 0.271 e. The number of anilines is 2. The summed E-state index contributed by atoms with van der Waals surface area (Å²) in [5, 5.41) is 18.4. The van der Waals surface area contributed by atoms with E-state index in [1.54, 1.807) is 31.5 Å². The van der Waals surface area contributed by atoms with E-state index in [9.17, 15) is 14.9 Å². The summed E-state index contributed by atoms with van der Waals surface area (Å²) in [5.74, 6) is 0.349. The summed E-state index contributed by atoms with van der Waals surface area (Å²) < 4.78 is 7.60. The fourth-order valence-corrected chi connectivity index (χ4v) is 5.15. The summed E-state index contributed by atoms with van der Waals surface area (Å²) >= 11 is 5.87. The number of hydrogen-bond donors (Lipinski definition) is 2. The molecule has 2 N–H and O–H groups in total. The number of amides is 1. The SMILES string of the molecule is COc1cc(N2C(=S)NC(c3ccccn3)C2c2cccn2-c2cccc([N+](=O)[O-])c2)ccc1NC(=O)C(C)(C)C. The second-order valence-electron chi connectivity index (χ2n) is 10.7. The summed E-state index contributed by atoms with van der Waals surface area (Å²) in [5.41, 5.74) is 2.99. The number of nitrogens with zero attached hydrogens (tertiary/aromatic N) is 4. The van der Waals surface area contributed by atoms with Gasteiger partial charge in [0.25, 0.3) is 5.69 Å². The molecular weight excluding hydrogens is 540 g/mol. The first-order valence-electron chi connectivity index (χ1n) is 13.0. The van der Waals surface area contributed by atoms with Gasteiger partial charge in [0.2, 0.25) is 5.91 Å². The number of carbonyl (C=O) groups excluding carboxylic acids is 1. The number of aromatic nitrogens is 2. The smallest absolute Gasteiger partial charge is 0.271 e. The van der Waals surface area contributed by atoms with Gasteiger partial charge in [-0.1, -0.05) is 32.9 Å². The van der Waals surface area contributed by atoms with Crippen LogP contribution in [0.3, 0.4) is 0 Å². The summed E-state index contributed by atoms with van der Waals surface area (Å²) in [7, 11) is 1.55. The van der Waals surface area contributed by atoms with Crippen molar-refractivity contribution >= 4 is 40.3 Å². The van der Waals surface area contributed by atoms with Crippen molar-refractivity contribution in [1.29, 1.82) is 0 Å². The zero-order valence-electron chi connectivity index (χ0n) is 23.1. The van der Waals surface area contributed by atoms with Gasteiger partial charge in [0.1, 0.15) is 11.8 Å². The quantitative estimate of drug-likeness (QED) is 0.159. The van der Waals surface area contributed by atoms with Gasteiger partial charge >= 0.3 is 0 Å². The van der Waals surface area contributed by atoms with Gasteiger partial charge in [-0.2, -0.15) is 0 Å². The van der Waals surface area contributed by atoms with Crippen molar-refractivity contribution in [3.05, 3.63) is 107 Å². The molecule has 5 rings (SSSR count). The number of nitrogens with one attached hydrogen (secondary N) is 2. The molecule has 0 saturated carbocycles. The van der Waals surface area contributed by atoms with Crippen molar-refractivity contribution in [2.75, 3.05) is 17.3 Å². The number of thiocarbonyl (C=S) groups is 1. The van der Waals surface area contributed by atoms with E-state index in [4.69, 9.17) is 17.0 Å². The van der Waals surface area contributed by atoms with E-state index < -0.39 is 10.3 Å². The van der Waals surface area contributed by atoms with Crippen LogP contribution in [-0.2, 0) is 4.79 Å². The van der Waals surface area contributed by atoms with Crippen LogP contribution in [0.5, 0.6) is 5.75 Å². The molecule has 210 valence electrons. The largest absolute Gasteiger partial charge is 0.494 e. The zero-order chi connectivity index (χ0) is 29.3. The summed E-state index contributed by atoms with van der Waals surface area (Å²) in [6.07, 6.45) is 3.60. The Balaban J connectivity index is 1.62. The topological polar surface area (TPSA) is 115 Å². The van der Waals surface area contributed by atoms with Gasteiger partial charge in [-0.3, -0.25) is 19.9 Å². The van der Waals surface area contributed by atoms with Gasteiger partial charge in [-0.25, -0.2) is 0 Å². The third kappa shape index (κ3) is 5.48. The minimum absolute atomic E-state index is 0.00187. The third-order valence-corrected chi connectivity index (χ3v) is 7.21. The number of benzene rings is 2. The Bertz CT molecular complexity index is 1610. The maximum atomic E-state index is 12.7. The van der Waals surface area contributed by atoms with E-state index >= 15 is 0 Å². The average Bonchev–Trinajstić information content (AvgIpc) is 3.57. The van der Waals surface area contributed by atoms with E-state index in [2.05, 4.69) is 15.6 Å². The Morgan fingerprint density at radius 1 is 1.07 bits per heavy atom. The number of ether oxygens (including phenoxy) is 1. The number of non-ortho nitro benzene ring substituents is 1. The fourth-order valence-electron chi connectivity index (χ4n) is 4.80. The molecule has 0 aliphatic carbocycles. The lowest BCUT2D eigenvalue weighted by Gasteiger charge is -2.29. The summed E-state index contributed by atoms with van der Waals surface area (Å²) in [6, 6.07) is 20.9. The van der Waals surface area contributed by atoms with Crippen molar-refractivity contribution in [1.82, 2.24) is 14.9 Å². The molecule has 4 aromatic rings. The highest BCUT2D eigenvalue weighted by Gasteiger charge is 2.42. The molecule has 2 aromatic carbocycles. The van der Waals surface area contributed by atoms with Crippen LogP contribution in [0.4, 0.5) is 17.1 Å². The van der Waals surface area contributed by atoms with E-state index in [0.717, 1.165) is 17.1 Å². The number of methoxy groups -OCH3 is 1. The van der Waals surface area contributed by atoms with Gasteiger partial charge in [-0.15, -0.1) is 0 Å². The minimum atomic E-state index is -0.580. The molecule has 11 heteroatoms. The molecule has 1 saturated heterocycles. The number of rotatable bonds is 7. The monoisotopic (exact) mass is 570 g/mol. The normalized spacial score (nSPS) is 16.8. The molecule has 1 aliphatic heterocycles. The first kappa shape index (κ1) is 27.8. The molecule has 1 aliphatic rings. The van der Waals surface area contributed by atoms with Crippen LogP contribution in [0.1, 0.15) is 44.2 Å². The Morgan fingerprint density at radius 2 is 1.88 bits per heavy atom. The van der Waals surface area contributed by atoms with Crippen LogP contribution in [0, 0.1) is 15.5 Å². The number of nitro benzene ring substituents is 1. The van der Waals surface area contributed by atoms with Gasteiger partial charge in [-0.05, 0) is 54.7 Å². The molecule has 0 bridgehead atoms. The van der Waals surface area contributed by atoms with Gasteiger partial charge in [0, 0.05) is 47.4 Å². The standard InChI is InChI=1S/C30H30N6O4S/c1-30(2,3)28(37)32-22-14-13-20(18-25(22)40-4)35-27(26(33-29(35)41)23-11-5-6-15-31-23)24-12-8-16-34(24)19-9-7-10-21(17-19)36(38)39/h5-18,26-27H,1-4H3,(H,32,37)(H,33,41). The number of pyridine rings is 1. The van der Waals surface area contributed by atoms with Crippen molar-refractivity contribution in [3.8, 4) is 11.4 Å². The molecular formula is C30H30N6O4S. The minimum Gasteiger partial charge on any atom is -0.494 e. The maximum absolute atomic E-state index is 12.7. The van der Waals surface area contributed by atoms with Crippen molar-refractivity contribution in [2.45, 2.75) is 32.9 Å². The predicted octanol–water partition coefficient (Wildman–Crippen LogP) is 5.95. The van der Waals surface area contributed by atoms with E-state index in [-0.39, 0.29) is 23.7 Å². The van der Waals surface area contributed by atoms with Crippen molar-refractivity contribution in [3.63, 3.8) is 0 Å². The second-order valence-corrected chi connectivity index (χ2v) is 11.1. The molecule has 2 unspecified atom stereocenters. The molecule has 1 amide bonds. The molecule has 3 heterocycles. The van der Waals surface area contributed by atoms with Crippen LogP contribution in [0.15, 0.2) is 85.2 Å². The molecule has 2 aromatic heterocycles. The van der Waals surface area contributed by atoms with E-state index in [1.165, 1.54) is 6.07 Å². The average molecular weight is 571 g/mol. The highest BCUT2D eigenvalue weighted by atomic mass is 32.1. The van der Waals surface area contributed by atoms with E-state index in [1.807, 2.05) is 85.0 Å². The summed E-state index contributed by atoms with van der Waals surface area (Å²) in [4.78, 5) is 30.4. The third-order valence-electron chi connectivity index (χ3n) is 6.89. The van der Waals surface area contributed by atoms with Crippen molar-refractivity contribution in [2.24, 2.45) is 5.41 Å². The van der Waals surface area contributed by atoms with Gasteiger partial charge < -0.3 is 24.8 Å². The number of nitro groups is 1. The molecule has 41 heavy (non-hydrogen) atoms. The molecule has 0 radical (unpaired) electrons. The van der Waals surface area contributed by atoms with Crippen LogP contribution in [-0.4, -0.2) is 32.6 Å². The Morgan fingerprint density at radius 3 is 2.56 bits per heavy atom. The highest BCUT2D eigenvalue weighted by molar-refractivity contribution is 7.80. The molecule has 10 nitrogen and oxygen atoms in total. The van der Waals surface area contributed by atoms with Crippen LogP contribution < -0.4 is 20.3 Å². The lowest BCUT2D eigenvalue weighted by atomic mass is 9.95. The fraction of sp³-hybridized carbons (Fsp3) is 0.233. The Kier molecular flexibility index (Phi) is 7.46. The van der Waals surface area contributed by atoms with Crippen LogP contribution >= 0.6 is 12.2 Å². The lowest BCUT2D eigenvalue weighted by Crippen LogP contribution is -2.30. The predicted molar refractivity (Wildman–Crippen MR) is 161 cm³/mol. The number of carbonyl (C=O) groups is 1. The van der Waals surface area contributed by atoms with Crippen LogP contribution in [0.2, 0.25) is 0 Å². The number of hydrogen-bond acceptors (Lipinski definition) is 6. The second kappa shape index (κ2) is 11.0. The Labute approximate surface area is 243 Å². The van der Waals surface area contributed by atoms with Crippen LogP contribution in [0.25, 0.3) is 5.69 Å². The summed E-state index contributed by atoms with van der Waals surface area (Å²) in [6.45, 7) is 5.53. The molecule has 0 spiro atoms. The van der Waals surface area contributed by atoms with E-state index in [0.29, 0.717) is 22.2 Å². The van der Waals surface area contributed by atoms with Gasteiger partial charge in [0.05, 0.1) is 35.1 Å². The molecule has 2 atom stereocenters. The first-order valence-corrected chi connectivity index (χ1v) is 13.4. The zero-order valence-corrected chi connectivity index (χ0v) is 23.9. The first-order chi connectivity index (χ1) is 19.6. The molecule has 1 fully saturated rings.